The number of carbonyl (C=O) groups is 2. The predicted octanol–water partition coefficient (Wildman–Crippen LogP) is -0.0404. The summed E-state index contributed by atoms with van der Waals surface area (Å²) in [6.07, 6.45) is 1.81. The van der Waals surface area contributed by atoms with Gasteiger partial charge in [0.05, 0.1) is 19.6 Å². The van der Waals surface area contributed by atoms with Gasteiger partial charge in [-0.05, 0) is 19.4 Å². The summed E-state index contributed by atoms with van der Waals surface area (Å²) in [7, 11) is 4.89. The van der Waals surface area contributed by atoms with E-state index >= 15 is 0 Å². The van der Waals surface area contributed by atoms with E-state index in [4.69, 9.17) is 4.74 Å². The Bertz CT molecular complexity index is 266. The third-order valence-electron chi connectivity index (χ3n) is 2.90. The van der Waals surface area contributed by atoms with Crippen LogP contribution in [-0.2, 0) is 14.3 Å². The molecule has 0 unspecified atom stereocenters. The van der Waals surface area contributed by atoms with Crippen LogP contribution in [0.2, 0.25) is 0 Å². The molecule has 0 aliphatic carbocycles. The van der Waals surface area contributed by atoms with Crippen molar-refractivity contribution in [2.24, 2.45) is 5.92 Å². The number of hydrogen-bond donors (Lipinski definition) is 0. The summed E-state index contributed by atoms with van der Waals surface area (Å²) < 4.78 is 4.73. The van der Waals surface area contributed by atoms with E-state index < -0.39 is 0 Å². The zero-order chi connectivity index (χ0) is 12.1. The molecule has 0 bridgehead atoms. The van der Waals surface area contributed by atoms with Crippen LogP contribution in [0.15, 0.2) is 0 Å². The van der Waals surface area contributed by atoms with Gasteiger partial charge in [-0.15, -0.1) is 0 Å². The van der Waals surface area contributed by atoms with Gasteiger partial charge in [-0.1, -0.05) is 0 Å². The van der Waals surface area contributed by atoms with Crippen molar-refractivity contribution >= 4 is 11.9 Å². The summed E-state index contributed by atoms with van der Waals surface area (Å²) in [6.45, 7) is 1.90. The highest BCUT2D eigenvalue weighted by molar-refractivity contribution is 5.78. The molecule has 5 nitrogen and oxygen atoms in total. The van der Waals surface area contributed by atoms with Crippen LogP contribution in [0, 0.1) is 5.92 Å². The van der Waals surface area contributed by atoms with Crippen molar-refractivity contribution in [3.8, 4) is 0 Å². The maximum absolute atomic E-state index is 11.5. The van der Waals surface area contributed by atoms with Crippen molar-refractivity contribution in [3.05, 3.63) is 0 Å². The Labute approximate surface area is 96.3 Å². The Morgan fingerprint density at radius 1 is 1.44 bits per heavy atom. The van der Waals surface area contributed by atoms with E-state index in [2.05, 4.69) is 0 Å². The maximum Gasteiger partial charge on any atom is 0.309 e. The molecule has 1 heterocycles. The van der Waals surface area contributed by atoms with Crippen LogP contribution in [0.1, 0.15) is 12.8 Å². The molecule has 92 valence electrons. The number of likely N-dealkylation sites (N-methyl/N-ethyl adjacent to an activating group) is 1. The van der Waals surface area contributed by atoms with E-state index in [0.29, 0.717) is 13.1 Å². The van der Waals surface area contributed by atoms with Gasteiger partial charge in [-0.25, -0.2) is 0 Å². The number of piperidine rings is 1. The monoisotopic (exact) mass is 228 g/mol. The van der Waals surface area contributed by atoms with Gasteiger partial charge in [0, 0.05) is 20.6 Å². The fourth-order valence-electron chi connectivity index (χ4n) is 1.89. The van der Waals surface area contributed by atoms with E-state index in [0.717, 1.165) is 19.4 Å². The van der Waals surface area contributed by atoms with Crippen molar-refractivity contribution < 1.29 is 14.3 Å². The van der Waals surface area contributed by atoms with Crippen LogP contribution in [-0.4, -0.2) is 62.5 Å². The molecule has 1 amide bonds. The van der Waals surface area contributed by atoms with Gasteiger partial charge in [0.25, 0.3) is 0 Å². The van der Waals surface area contributed by atoms with Crippen molar-refractivity contribution in [1.82, 2.24) is 9.80 Å². The molecule has 1 saturated heterocycles. The third kappa shape index (κ3) is 3.48. The van der Waals surface area contributed by atoms with E-state index in [1.807, 2.05) is 4.90 Å². The van der Waals surface area contributed by atoms with Gasteiger partial charge in [0.1, 0.15) is 0 Å². The highest BCUT2D eigenvalue weighted by Crippen LogP contribution is 2.17. The second-order valence-corrected chi connectivity index (χ2v) is 4.39. The number of ether oxygens (including phenoxy) is 1. The van der Waals surface area contributed by atoms with E-state index in [1.54, 1.807) is 19.0 Å². The number of methoxy groups -OCH3 is 1. The van der Waals surface area contributed by atoms with Gasteiger partial charge < -0.3 is 9.64 Å². The summed E-state index contributed by atoms with van der Waals surface area (Å²) in [5.41, 5.74) is 0. The van der Waals surface area contributed by atoms with Gasteiger partial charge in [-0.3, -0.25) is 14.5 Å². The first-order valence-corrected chi connectivity index (χ1v) is 5.55. The Morgan fingerprint density at radius 2 is 2.12 bits per heavy atom. The topological polar surface area (TPSA) is 49.9 Å². The standard InChI is InChI=1S/C11H20N2O3/c1-12(2)10(14)8-13-6-4-5-9(7-13)11(15)16-3/h9H,4-8H2,1-3H3/t9-/m0/s1. The number of carbonyl (C=O) groups excluding carboxylic acids is 2. The molecule has 1 rings (SSSR count). The van der Waals surface area contributed by atoms with Crippen molar-refractivity contribution in [2.75, 3.05) is 40.8 Å². The fourth-order valence-corrected chi connectivity index (χ4v) is 1.89. The molecule has 1 atom stereocenters. The van der Waals surface area contributed by atoms with Gasteiger partial charge >= 0.3 is 5.97 Å². The number of rotatable bonds is 3. The smallest absolute Gasteiger partial charge is 0.309 e. The Kier molecular flexibility index (Phi) is 4.73. The largest absolute Gasteiger partial charge is 0.469 e. The van der Waals surface area contributed by atoms with Crippen LogP contribution < -0.4 is 0 Å². The molecule has 0 N–H and O–H groups in total. The van der Waals surface area contributed by atoms with E-state index in [-0.39, 0.29) is 17.8 Å². The molecular formula is C11H20N2O3. The second kappa shape index (κ2) is 5.84. The van der Waals surface area contributed by atoms with Gasteiger partial charge in [0.15, 0.2) is 0 Å². The average molecular weight is 228 g/mol. The van der Waals surface area contributed by atoms with Crippen LogP contribution in [0.5, 0.6) is 0 Å². The molecule has 16 heavy (non-hydrogen) atoms. The summed E-state index contributed by atoms with van der Waals surface area (Å²) in [4.78, 5) is 26.5. The lowest BCUT2D eigenvalue weighted by molar-refractivity contribution is -0.148. The number of amides is 1. The van der Waals surface area contributed by atoms with Crippen molar-refractivity contribution in [1.29, 1.82) is 0 Å². The first-order chi connectivity index (χ1) is 7.54. The van der Waals surface area contributed by atoms with Crippen molar-refractivity contribution in [3.63, 3.8) is 0 Å². The molecular weight excluding hydrogens is 208 g/mol. The molecule has 5 heteroatoms. The Balaban J connectivity index is 2.44. The minimum absolute atomic E-state index is 0.0746. The molecule has 0 radical (unpaired) electrons. The SMILES string of the molecule is COC(=O)[C@H]1CCCN(CC(=O)N(C)C)C1. The number of hydrogen-bond acceptors (Lipinski definition) is 4. The average Bonchev–Trinajstić information content (AvgIpc) is 2.28. The molecule has 0 aromatic heterocycles. The third-order valence-corrected chi connectivity index (χ3v) is 2.90. The Hall–Kier alpha value is -1.10. The zero-order valence-corrected chi connectivity index (χ0v) is 10.2. The normalized spacial score (nSPS) is 21.6. The zero-order valence-electron chi connectivity index (χ0n) is 10.2. The quantitative estimate of drug-likeness (QED) is 0.636. The first kappa shape index (κ1) is 13.0. The highest BCUT2D eigenvalue weighted by Gasteiger charge is 2.27. The predicted molar refractivity (Wildman–Crippen MR) is 59.9 cm³/mol. The lowest BCUT2D eigenvalue weighted by Crippen LogP contribution is -2.44. The molecule has 1 aliphatic heterocycles. The molecule has 0 aromatic carbocycles. The van der Waals surface area contributed by atoms with E-state index in [1.165, 1.54) is 7.11 Å². The first-order valence-electron chi connectivity index (χ1n) is 5.55. The lowest BCUT2D eigenvalue weighted by atomic mass is 9.98. The van der Waals surface area contributed by atoms with Gasteiger partial charge in [-0.2, -0.15) is 0 Å². The van der Waals surface area contributed by atoms with Crippen LogP contribution >= 0.6 is 0 Å². The van der Waals surface area contributed by atoms with Crippen LogP contribution in [0.25, 0.3) is 0 Å². The van der Waals surface area contributed by atoms with E-state index in [9.17, 15) is 9.59 Å². The summed E-state index contributed by atoms with van der Waals surface area (Å²) >= 11 is 0. The lowest BCUT2D eigenvalue weighted by Gasteiger charge is -2.31. The number of esters is 1. The van der Waals surface area contributed by atoms with Crippen LogP contribution in [0.4, 0.5) is 0 Å². The summed E-state index contributed by atoms with van der Waals surface area (Å²) in [5, 5.41) is 0. The minimum Gasteiger partial charge on any atom is -0.469 e. The highest BCUT2D eigenvalue weighted by atomic mass is 16.5. The Morgan fingerprint density at radius 3 is 2.69 bits per heavy atom. The number of likely N-dealkylation sites (tertiary alicyclic amines) is 1. The minimum atomic E-state index is -0.165. The number of nitrogens with zero attached hydrogens (tertiary/aromatic N) is 2. The molecule has 0 aromatic rings. The second-order valence-electron chi connectivity index (χ2n) is 4.39. The molecule has 0 saturated carbocycles. The summed E-state index contributed by atoms with van der Waals surface area (Å²) in [5.74, 6) is -0.166. The molecule has 1 fully saturated rings. The fraction of sp³-hybridized carbons (Fsp3) is 0.818. The van der Waals surface area contributed by atoms with Crippen LogP contribution in [0.3, 0.4) is 0 Å². The molecule has 1 aliphatic rings. The summed E-state index contributed by atoms with van der Waals surface area (Å²) in [6, 6.07) is 0. The molecule has 0 spiro atoms. The maximum atomic E-state index is 11.5. The van der Waals surface area contributed by atoms with Gasteiger partial charge in [0.2, 0.25) is 5.91 Å². The van der Waals surface area contributed by atoms with Crippen molar-refractivity contribution in [2.45, 2.75) is 12.8 Å².